The lowest BCUT2D eigenvalue weighted by Gasteiger charge is -2.44. The van der Waals surface area contributed by atoms with Crippen molar-refractivity contribution in [2.75, 3.05) is 13.2 Å². The molecule has 0 N–H and O–H groups in total. The van der Waals surface area contributed by atoms with Gasteiger partial charge in [-0.25, -0.2) is 13.2 Å². The number of rotatable bonds is 18. The molecule has 0 aliphatic carbocycles. The van der Waals surface area contributed by atoms with Crippen molar-refractivity contribution < 1.29 is 60.9 Å². The molecule has 2 amide bonds. The van der Waals surface area contributed by atoms with Gasteiger partial charge in [0.25, 0.3) is 11.8 Å². The van der Waals surface area contributed by atoms with Gasteiger partial charge < -0.3 is 37.9 Å². The van der Waals surface area contributed by atoms with Crippen LogP contribution < -0.4 is 20.3 Å². The molecule has 4 aliphatic rings. The minimum absolute atomic E-state index is 0.0130. The van der Waals surface area contributed by atoms with E-state index in [1.807, 2.05) is 13.8 Å². The highest BCUT2D eigenvalue weighted by Crippen LogP contribution is 2.33. The number of aromatic nitrogens is 2. The Balaban J connectivity index is 0.886. The zero-order valence-electron chi connectivity index (χ0n) is 39.8. The maximum absolute atomic E-state index is 14.6. The van der Waals surface area contributed by atoms with Crippen molar-refractivity contribution in [1.29, 1.82) is 0 Å². The van der Waals surface area contributed by atoms with Crippen molar-refractivity contribution in [2.24, 2.45) is 0 Å². The number of Topliss-reactive ketones (excluding diaryl/α,β-unsaturated/α-hetero) is 2. The van der Waals surface area contributed by atoms with Gasteiger partial charge >= 0.3 is 11.9 Å². The topological polar surface area (TPSA) is 190 Å². The van der Waals surface area contributed by atoms with E-state index in [-0.39, 0.29) is 91.8 Å². The number of ether oxygens (including phenoxy) is 4. The monoisotopic (exact) mass is 984 g/mol. The van der Waals surface area contributed by atoms with Crippen LogP contribution in [0.1, 0.15) is 143 Å². The van der Waals surface area contributed by atoms with Crippen molar-refractivity contribution in [1.82, 2.24) is 18.9 Å². The van der Waals surface area contributed by atoms with E-state index < -0.39 is 87.6 Å². The molecule has 0 saturated carbocycles. The fourth-order valence-corrected chi connectivity index (χ4v) is 9.62. The van der Waals surface area contributed by atoms with Crippen LogP contribution in [-0.4, -0.2) is 92.0 Å². The number of hydrogen-bond donors (Lipinski definition) is 0. The quantitative estimate of drug-likeness (QED) is 0.0578. The van der Waals surface area contributed by atoms with E-state index in [2.05, 4.69) is 0 Å². The van der Waals surface area contributed by atoms with Crippen LogP contribution in [0.3, 0.4) is 0 Å². The Bertz CT molecular complexity index is 2720. The summed E-state index contributed by atoms with van der Waals surface area (Å²) in [6, 6.07) is 7.13. The Morgan fingerprint density at radius 1 is 0.606 bits per heavy atom. The minimum Gasteiger partial charge on any atom is -0.420 e. The van der Waals surface area contributed by atoms with E-state index in [1.165, 1.54) is 43.5 Å². The number of amides is 2. The molecule has 71 heavy (non-hydrogen) atoms. The van der Waals surface area contributed by atoms with Crippen molar-refractivity contribution >= 4 is 35.3 Å². The van der Waals surface area contributed by atoms with Crippen molar-refractivity contribution in [3.05, 3.63) is 126 Å². The average Bonchev–Trinajstić information content (AvgIpc) is 3.32. The highest BCUT2D eigenvalue weighted by Gasteiger charge is 2.43. The van der Waals surface area contributed by atoms with Gasteiger partial charge in [-0.15, -0.1) is 0 Å². The van der Waals surface area contributed by atoms with Gasteiger partial charge in [-0.3, -0.25) is 38.4 Å². The van der Waals surface area contributed by atoms with E-state index in [9.17, 15) is 51.5 Å². The molecule has 0 unspecified atom stereocenters. The number of hydrogen-bond acceptors (Lipinski definition) is 12. The summed E-state index contributed by atoms with van der Waals surface area (Å²) in [6.45, 7) is 6.33. The van der Waals surface area contributed by atoms with Crippen molar-refractivity contribution in [3.8, 4) is 11.5 Å². The number of nitrogens with zero attached hydrogens (tertiary/aromatic N) is 4. The summed E-state index contributed by atoms with van der Waals surface area (Å²) < 4.78 is 68.2. The number of fused-ring (bicyclic) bond motifs is 4. The molecule has 0 bridgehead atoms. The molecular weight excluding hydrogens is 930 g/mol. The van der Waals surface area contributed by atoms with E-state index in [0.717, 1.165) is 6.07 Å². The molecule has 2 saturated heterocycles. The number of carbonyl (C=O) groups is 6. The molecule has 2 fully saturated rings. The van der Waals surface area contributed by atoms with Crippen LogP contribution in [0.15, 0.2) is 58.4 Å². The average molecular weight is 985 g/mol. The Labute approximate surface area is 406 Å². The Morgan fingerprint density at radius 2 is 1.04 bits per heavy atom. The maximum atomic E-state index is 14.6. The van der Waals surface area contributed by atoms with Gasteiger partial charge in [0.2, 0.25) is 22.4 Å². The molecule has 4 aliphatic heterocycles. The summed E-state index contributed by atoms with van der Waals surface area (Å²) >= 11 is 0. The number of aryl methyl sites for hydroxylation is 3. The summed E-state index contributed by atoms with van der Waals surface area (Å²) in [5.41, 5.74) is -1.87. The molecule has 6 heterocycles. The first-order valence-corrected chi connectivity index (χ1v) is 24.1. The third-order valence-corrected chi connectivity index (χ3v) is 13.6. The van der Waals surface area contributed by atoms with Crippen LogP contribution in [0, 0.1) is 24.4 Å². The van der Waals surface area contributed by atoms with Gasteiger partial charge in [0, 0.05) is 56.2 Å². The van der Waals surface area contributed by atoms with E-state index in [1.54, 1.807) is 19.1 Å². The molecule has 19 heteroatoms. The smallest absolute Gasteiger partial charge is 0.311 e. The molecule has 0 radical (unpaired) electrons. The third-order valence-electron chi connectivity index (χ3n) is 13.6. The summed E-state index contributed by atoms with van der Waals surface area (Å²) in [4.78, 5) is 112. The first-order chi connectivity index (χ1) is 34.0. The number of unbranched alkanes of at least 4 members (excludes halogenated alkanes) is 4. The molecule has 0 spiro atoms. The van der Waals surface area contributed by atoms with Crippen molar-refractivity contribution in [3.63, 3.8) is 0 Å². The number of carbonyl (C=O) groups excluding carboxylic acids is 6. The molecule has 2 aromatic heterocycles. The number of esters is 2. The van der Waals surface area contributed by atoms with Crippen LogP contribution in [0.25, 0.3) is 0 Å². The first kappa shape index (κ1) is 50.7. The van der Waals surface area contributed by atoms with Crippen LogP contribution in [0.2, 0.25) is 0 Å². The van der Waals surface area contributed by atoms with Gasteiger partial charge in [0.15, 0.2) is 35.4 Å². The van der Waals surface area contributed by atoms with Gasteiger partial charge in [-0.05, 0) is 88.1 Å². The highest BCUT2D eigenvalue weighted by atomic mass is 19.1. The number of halogens is 3. The second-order valence-corrected chi connectivity index (χ2v) is 18.6. The maximum Gasteiger partial charge on any atom is 0.311 e. The number of benzene rings is 2. The lowest BCUT2D eigenvalue weighted by molar-refractivity contribution is -0.135. The van der Waals surface area contributed by atoms with Crippen LogP contribution >= 0.6 is 0 Å². The normalized spacial score (nSPS) is 19.4. The van der Waals surface area contributed by atoms with Crippen molar-refractivity contribution in [2.45, 2.75) is 142 Å². The standard InChI is InChI=1S/C52H55F3N4O12/c1-29-11-12-32(37(54)23-29)14-17-39(60)35-25-56-27-41-58(30(2)19-21-68-41)51(66)45(56)49(47(35)64)70-43(62)9-7-5-4-6-8-10-44(63)71-50-46-52(67)59-31(3)20-22-69-42(59)28-57(46)26-36(48(50)65)40(61)18-15-33-13-16-34(53)24-38(33)55/h11-13,16,23-26,30-31,41-42H,4-10,14-15,17-22,27-28H2,1-3H3/t30-,31-,41+,42+/m1/s1. The minimum atomic E-state index is -0.974. The summed E-state index contributed by atoms with van der Waals surface area (Å²) in [5.74, 6) is -7.39. The lowest BCUT2D eigenvalue weighted by atomic mass is 10.0. The van der Waals surface area contributed by atoms with Crippen LogP contribution in [0.5, 0.6) is 11.5 Å². The van der Waals surface area contributed by atoms with Crippen LogP contribution in [-0.2, 0) is 45.0 Å². The summed E-state index contributed by atoms with van der Waals surface area (Å²) in [6.07, 6.45) is 3.36. The number of pyridine rings is 2. The van der Waals surface area contributed by atoms with Gasteiger partial charge in [-0.2, -0.15) is 0 Å². The molecule has 376 valence electrons. The van der Waals surface area contributed by atoms with Gasteiger partial charge in [-0.1, -0.05) is 37.5 Å². The zero-order chi connectivity index (χ0) is 50.7. The third kappa shape index (κ3) is 11.0. The summed E-state index contributed by atoms with van der Waals surface area (Å²) in [5, 5.41) is 0. The Morgan fingerprint density at radius 3 is 1.49 bits per heavy atom. The van der Waals surface area contributed by atoms with E-state index in [4.69, 9.17) is 18.9 Å². The molecule has 2 aromatic carbocycles. The van der Waals surface area contributed by atoms with Gasteiger partial charge in [0.05, 0.1) is 37.4 Å². The SMILES string of the molecule is Cc1ccc(CCC(=O)c2cn3c(c(OC(=O)CCCCCCCC(=O)Oc4c5n(cc(C(=O)CCc6ccc(F)cc6F)c4=O)C[C@@H]4OCC[C@@H](C)N4C5=O)c2=O)C(=O)N2[C@H](C)CCO[C@H]2C3)c(F)c1. The first-order valence-electron chi connectivity index (χ1n) is 24.1. The molecule has 16 nitrogen and oxygen atoms in total. The fourth-order valence-electron chi connectivity index (χ4n) is 9.62. The largest absolute Gasteiger partial charge is 0.420 e. The van der Waals surface area contributed by atoms with E-state index >= 15 is 0 Å². The predicted octanol–water partition coefficient (Wildman–Crippen LogP) is 6.79. The zero-order valence-corrected chi connectivity index (χ0v) is 39.8. The molecule has 4 atom stereocenters. The second kappa shape index (κ2) is 21.7. The molecule has 8 rings (SSSR count). The van der Waals surface area contributed by atoms with Gasteiger partial charge in [0.1, 0.15) is 17.5 Å². The van der Waals surface area contributed by atoms with E-state index in [0.29, 0.717) is 75.4 Å². The van der Waals surface area contributed by atoms with Crippen LogP contribution in [0.4, 0.5) is 13.2 Å². The number of ketones is 2. The molecule has 4 aromatic rings. The lowest BCUT2D eigenvalue weighted by Crippen LogP contribution is -2.57. The fraction of sp³-hybridized carbons (Fsp3) is 0.462. The second-order valence-electron chi connectivity index (χ2n) is 18.6. The molecular formula is C52H55F3N4O12. The predicted molar refractivity (Wildman–Crippen MR) is 248 cm³/mol. The Hall–Kier alpha value is -6.73. The summed E-state index contributed by atoms with van der Waals surface area (Å²) in [7, 11) is 0. The highest BCUT2D eigenvalue weighted by molar-refractivity contribution is 6.02. The Kier molecular flexibility index (Phi) is 15.5.